The van der Waals surface area contributed by atoms with E-state index in [1.807, 2.05) is 0 Å². The lowest BCUT2D eigenvalue weighted by Gasteiger charge is -2.35. The average Bonchev–Trinajstić information content (AvgIpc) is 2.79. The smallest absolute Gasteiger partial charge is 0.309 e. The van der Waals surface area contributed by atoms with E-state index in [9.17, 15) is 30.0 Å². The molecule has 0 radical (unpaired) electrons. The molecular weight excluding hydrogens is 324 g/mol. The summed E-state index contributed by atoms with van der Waals surface area (Å²) in [7, 11) is 0. The monoisotopic (exact) mass is 348 g/mol. The number of hydrogen-bond donors (Lipinski definition) is 8. The number of amides is 1. The van der Waals surface area contributed by atoms with Crippen LogP contribution in [0.4, 0.5) is 0 Å². The molecule has 10 N–H and O–H groups in total. The molecule has 1 rings (SSSR count). The molecular formula is C13H24N4O7. The van der Waals surface area contributed by atoms with Gasteiger partial charge in [-0.15, -0.1) is 0 Å². The van der Waals surface area contributed by atoms with Crippen molar-refractivity contribution in [3.8, 4) is 0 Å². The number of carboxylic acids is 1. The molecule has 0 spiro atoms. The first kappa shape index (κ1) is 20.1. The molecule has 1 aliphatic carbocycles. The molecule has 1 aliphatic rings. The van der Waals surface area contributed by atoms with Gasteiger partial charge in [0.15, 0.2) is 5.96 Å². The fourth-order valence-corrected chi connectivity index (χ4v) is 3.07. The summed E-state index contributed by atoms with van der Waals surface area (Å²) in [5.74, 6) is -4.49. The van der Waals surface area contributed by atoms with Gasteiger partial charge in [-0.05, 0) is 6.42 Å². The van der Waals surface area contributed by atoms with Gasteiger partial charge in [0.1, 0.15) is 12.2 Å². The maximum absolute atomic E-state index is 11.4. The van der Waals surface area contributed by atoms with Gasteiger partial charge in [-0.1, -0.05) is 0 Å². The van der Waals surface area contributed by atoms with Crippen molar-refractivity contribution in [1.29, 1.82) is 0 Å². The lowest BCUT2D eigenvalue weighted by Crippen LogP contribution is -2.57. The normalized spacial score (nSPS) is 30.2. The van der Waals surface area contributed by atoms with Crippen LogP contribution in [-0.4, -0.2) is 80.4 Å². The van der Waals surface area contributed by atoms with Crippen molar-refractivity contribution in [2.75, 3.05) is 6.61 Å². The van der Waals surface area contributed by atoms with E-state index in [0.717, 1.165) is 6.92 Å². The molecule has 24 heavy (non-hydrogen) atoms. The number of guanidine groups is 1. The van der Waals surface area contributed by atoms with Crippen molar-refractivity contribution in [3.63, 3.8) is 0 Å². The standard InChI is InChI=1S/C13H24N4O7/c1-4(19)16-9(11(22)7(20)3-18)8-6(17-13(14)15)2-5(10(8)21)12(23)24/h5-11,18,20-22H,2-3H2,1H3,(H,16,19)(H,23,24)(H4,14,15,17)/t5-,6+,7-,8-,9-,10+,11-/m0/s1. The molecule has 1 amide bonds. The first-order chi connectivity index (χ1) is 11.1. The minimum absolute atomic E-state index is 0.114. The molecule has 7 atom stereocenters. The second-order valence-corrected chi connectivity index (χ2v) is 5.84. The second kappa shape index (κ2) is 8.24. The summed E-state index contributed by atoms with van der Waals surface area (Å²) in [6, 6.07) is -2.17. The van der Waals surface area contributed by atoms with Crippen molar-refractivity contribution < 1.29 is 35.1 Å². The highest BCUT2D eigenvalue weighted by atomic mass is 16.4. The number of rotatable bonds is 7. The molecule has 11 nitrogen and oxygen atoms in total. The Bertz CT molecular complexity index is 497. The van der Waals surface area contributed by atoms with Crippen LogP contribution in [0.25, 0.3) is 0 Å². The van der Waals surface area contributed by atoms with Crippen LogP contribution < -0.4 is 16.8 Å². The van der Waals surface area contributed by atoms with E-state index in [1.54, 1.807) is 0 Å². The topological polar surface area (TPSA) is 212 Å². The zero-order valence-electron chi connectivity index (χ0n) is 13.1. The lowest BCUT2D eigenvalue weighted by atomic mass is 9.86. The average molecular weight is 348 g/mol. The highest BCUT2D eigenvalue weighted by molar-refractivity contribution is 5.77. The highest BCUT2D eigenvalue weighted by Gasteiger charge is 2.52. The lowest BCUT2D eigenvalue weighted by molar-refractivity contribution is -0.145. The van der Waals surface area contributed by atoms with E-state index in [0.29, 0.717) is 0 Å². The van der Waals surface area contributed by atoms with Crippen molar-refractivity contribution in [1.82, 2.24) is 5.32 Å². The molecule has 1 fully saturated rings. The summed E-state index contributed by atoms with van der Waals surface area (Å²) in [4.78, 5) is 26.6. The highest BCUT2D eigenvalue weighted by Crippen LogP contribution is 2.37. The van der Waals surface area contributed by atoms with Crippen LogP contribution in [0, 0.1) is 11.8 Å². The number of aliphatic imine (C=N–C) groups is 1. The van der Waals surface area contributed by atoms with Crippen LogP contribution in [0.3, 0.4) is 0 Å². The predicted molar refractivity (Wildman–Crippen MR) is 81.5 cm³/mol. The summed E-state index contributed by atoms with van der Waals surface area (Å²) < 4.78 is 0. The van der Waals surface area contributed by atoms with Gasteiger partial charge in [0.05, 0.1) is 30.7 Å². The Labute approximate surface area is 138 Å². The fourth-order valence-electron chi connectivity index (χ4n) is 3.07. The maximum Gasteiger partial charge on any atom is 0.309 e. The largest absolute Gasteiger partial charge is 0.481 e. The van der Waals surface area contributed by atoms with Crippen LogP contribution in [0.5, 0.6) is 0 Å². The summed E-state index contributed by atoms with van der Waals surface area (Å²) in [5, 5.41) is 50.8. The Morgan fingerprint density at radius 3 is 2.33 bits per heavy atom. The minimum Gasteiger partial charge on any atom is -0.481 e. The predicted octanol–water partition coefficient (Wildman–Crippen LogP) is -4.07. The van der Waals surface area contributed by atoms with Crippen molar-refractivity contribution in [2.24, 2.45) is 28.3 Å². The Morgan fingerprint density at radius 1 is 1.33 bits per heavy atom. The summed E-state index contributed by atoms with van der Waals surface area (Å²) in [6.45, 7) is 0.353. The van der Waals surface area contributed by atoms with E-state index in [4.69, 9.17) is 16.6 Å². The first-order valence-electron chi connectivity index (χ1n) is 7.33. The zero-order chi connectivity index (χ0) is 18.6. The third-order valence-electron chi connectivity index (χ3n) is 4.11. The van der Waals surface area contributed by atoms with Crippen molar-refractivity contribution in [3.05, 3.63) is 0 Å². The Hall–Kier alpha value is -1.95. The fraction of sp³-hybridized carbons (Fsp3) is 0.769. The summed E-state index contributed by atoms with van der Waals surface area (Å²) >= 11 is 0. The summed E-state index contributed by atoms with van der Waals surface area (Å²) in [6.07, 6.45) is -4.87. The van der Waals surface area contributed by atoms with Gasteiger partial charge in [0, 0.05) is 12.8 Å². The van der Waals surface area contributed by atoms with Gasteiger partial charge in [-0.2, -0.15) is 0 Å². The Morgan fingerprint density at radius 2 is 1.92 bits per heavy atom. The maximum atomic E-state index is 11.4. The minimum atomic E-state index is -1.66. The van der Waals surface area contributed by atoms with Gasteiger partial charge < -0.3 is 42.3 Å². The van der Waals surface area contributed by atoms with Gasteiger partial charge in [-0.3, -0.25) is 9.59 Å². The number of nitrogens with zero attached hydrogens (tertiary/aromatic N) is 1. The molecule has 0 heterocycles. The van der Waals surface area contributed by atoms with Crippen LogP contribution in [-0.2, 0) is 9.59 Å². The van der Waals surface area contributed by atoms with E-state index >= 15 is 0 Å². The molecule has 138 valence electrons. The molecule has 0 aromatic heterocycles. The number of aliphatic hydroxyl groups is 4. The third-order valence-corrected chi connectivity index (χ3v) is 4.11. The molecule has 0 bridgehead atoms. The SMILES string of the molecule is CC(=O)N[C@H]([C@@H](O)[C@@H](O)CO)[C@H]1[C@H](O)[C@@H](C(=O)O)C[C@H]1N=C(N)N. The number of aliphatic carboxylic acids is 1. The quantitative estimate of drug-likeness (QED) is 0.166. The Balaban J connectivity index is 3.25. The van der Waals surface area contributed by atoms with E-state index < -0.39 is 60.7 Å². The van der Waals surface area contributed by atoms with Gasteiger partial charge in [0.2, 0.25) is 5.91 Å². The number of carboxylic acid groups (broad SMARTS) is 1. The molecule has 0 saturated heterocycles. The molecule has 11 heteroatoms. The number of carbonyl (C=O) groups excluding carboxylic acids is 1. The van der Waals surface area contributed by atoms with Crippen molar-refractivity contribution in [2.45, 2.75) is 43.7 Å². The van der Waals surface area contributed by atoms with Crippen molar-refractivity contribution >= 4 is 17.8 Å². The number of aliphatic hydroxyl groups excluding tert-OH is 4. The van der Waals surface area contributed by atoms with Crippen LogP contribution >= 0.6 is 0 Å². The second-order valence-electron chi connectivity index (χ2n) is 5.84. The van der Waals surface area contributed by atoms with Gasteiger partial charge in [0.25, 0.3) is 0 Å². The van der Waals surface area contributed by atoms with E-state index in [-0.39, 0.29) is 12.4 Å². The van der Waals surface area contributed by atoms with E-state index in [1.165, 1.54) is 0 Å². The molecule has 0 aromatic carbocycles. The van der Waals surface area contributed by atoms with Gasteiger partial charge in [-0.25, -0.2) is 4.99 Å². The zero-order valence-corrected chi connectivity index (χ0v) is 13.1. The number of nitrogens with one attached hydrogen (secondary N) is 1. The molecule has 0 aromatic rings. The Kier molecular flexibility index (Phi) is 6.90. The number of hydrogen-bond acceptors (Lipinski definition) is 7. The molecule has 0 unspecified atom stereocenters. The molecule has 1 saturated carbocycles. The molecule has 0 aliphatic heterocycles. The van der Waals surface area contributed by atoms with E-state index in [2.05, 4.69) is 10.3 Å². The van der Waals surface area contributed by atoms with Gasteiger partial charge >= 0.3 is 5.97 Å². The summed E-state index contributed by atoms with van der Waals surface area (Å²) in [5.41, 5.74) is 10.6. The van der Waals surface area contributed by atoms with Crippen LogP contribution in [0.15, 0.2) is 4.99 Å². The van der Waals surface area contributed by atoms with Crippen LogP contribution in [0.2, 0.25) is 0 Å². The first-order valence-corrected chi connectivity index (χ1v) is 7.33. The van der Waals surface area contributed by atoms with Crippen LogP contribution in [0.1, 0.15) is 13.3 Å². The number of carbonyl (C=O) groups is 2. The number of nitrogens with two attached hydrogens (primary N) is 2. The third kappa shape index (κ3) is 4.54.